The van der Waals surface area contributed by atoms with Crippen LogP contribution in [0.5, 0.6) is 0 Å². The van der Waals surface area contributed by atoms with E-state index in [0.29, 0.717) is 0 Å². The minimum absolute atomic E-state index is 0.112. The van der Waals surface area contributed by atoms with Crippen molar-refractivity contribution in [3.63, 3.8) is 0 Å². The zero-order valence-corrected chi connectivity index (χ0v) is 38.1. The fourth-order valence-electron chi connectivity index (χ4n) is 11.0. The quantitative estimate of drug-likeness (QED) is 0.122. The van der Waals surface area contributed by atoms with E-state index in [1.807, 2.05) is 47.0 Å². The highest BCUT2D eigenvalue weighted by molar-refractivity contribution is 8.01. The second-order valence-electron chi connectivity index (χ2n) is 17.2. The summed E-state index contributed by atoms with van der Waals surface area (Å²) in [4.78, 5) is 5.25. The van der Waals surface area contributed by atoms with Crippen LogP contribution < -0.4 is 16.4 Å². The van der Waals surface area contributed by atoms with E-state index in [9.17, 15) is 0 Å². The Hall–Kier alpha value is -7.22. The smallest absolute Gasteiger partial charge is 0.247 e. The Morgan fingerprint density at radius 1 is 0.485 bits per heavy atom. The van der Waals surface area contributed by atoms with Crippen LogP contribution in [0.1, 0.15) is 0 Å². The minimum Gasteiger partial charge on any atom is -0.309 e. The molecule has 2 nitrogen and oxygen atoms in total. The lowest BCUT2D eigenvalue weighted by molar-refractivity contribution is 1.15. The summed E-state index contributed by atoms with van der Waals surface area (Å²) in [7, 11) is 0. The van der Waals surface area contributed by atoms with Crippen molar-refractivity contribution in [3.8, 4) is 27.9 Å². The highest BCUT2D eigenvalue weighted by Gasteiger charge is 2.39. The summed E-state index contributed by atoms with van der Waals surface area (Å²) >= 11 is 5.76. The zero-order valence-electron chi connectivity index (χ0n) is 35.7. The number of rotatable bonds is 6. The normalized spacial score (nSPS) is 13.2. The minimum atomic E-state index is 0.112. The number of benzene rings is 9. The Bertz CT molecular complexity index is 3980. The van der Waals surface area contributed by atoms with Gasteiger partial charge in [0.1, 0.15) is 0 Å². The van der Waals surface area contributed by atoms with Gasteiger partial charge >= 0.3 is 0 Å². The van der Waals surface area contributed by atoms with Crippen LogP contribution in [0.25, 0.3) is 97.4 Å². The van der Waals surface area contributed by atoms with Crippen LogP contribution in [0.4, 0.5) is 0 Å². The maximum Gasteiger partial charge on any atom is 0.247 e. The largest absolute Gasteiger partial charge is 0.309 e. The zero-order chi connectivity index (χ0) is 43.6. The Labute approximate surface area is 394 Å². The van der Waals surface area contributed by atoms with Crippen molar-refractivity contribution in [3.05, 3.63) is 213 Å². The van der Waals surface area contributed by atoms with Crippen LogP contribution in [-0.4, -0.2) is 15.8 Å². The molecule has 9 aromatic carbocycles. The van der Waals surface area contributed by atoms with Crippen molar-refractivity contribution in [2.75, 3.05) is 0 Å². The first-order valence-electron chi connectivity index (χ1n) is 22.3. The third kappa shape index (κ3) is 5.41. The van der Waals surface area contributed by atoms with Crippen LogP contribution in [0, 0.1) is 0 Å². The maximum absolute atomic E-state index is 4.35. The fraction of sp³-hybridized carbons (Fsp3) is 0. The molecule has 2 aliphatic rings. The van der Waals surface area contributed by atoms with E-state index in [1.165, 1.54) is 122 Å². The average molecular weight is 893 g/mol. The van der Waals surface area contributed by atoms with Crippen LogP contribution in [0.2, 0.25) is 0 Å². The number of para-hydroxylation sites is 2. The molecule has 5 heterocycles. The number of nitrogens with zero attached hydrogens (tertiary/aromatic N) is 2. The van der Waals surface area contributed by atoms with Gasteiger partial charge in [0.15, 0.2) is 0 Å². The van der Waals surface area contributed by atoms with Gasteiger partial charge in [-0.25, -0.2) is 0 Å². The number of hydrogen-bond acceptors (Lipinski definition) is 3. The topological polar surface area (TPSA) is 9.86 Å². The van der Waals surface area contributed by atoms with Crippen LogP contribution in [0.15, 0.2) is 233 Å². The van der Waals surface area contributed by atoms with E-state index in [2.05, 4.69) is 210 Å². The number of thiophene rings is 1. The van der Waals surface area contributed by atoms with Gasteiger partial charge in [-0.3, -0.25) is 0 Å². The molecule has 2 aliphatic heterocycles. The number of allylic oxidation sites excluding steroid dienone is 4. The number of aromatic nitrogens is 2. The summed E-state index contributed by atoms with van der Waals surface area (Å²) in [6, 6.07) is 67.8. The van der Waals surface area contributed by atoms with E-state index >= 15 is 0 Å². The number of fused-ring (bicyclic) bond motifs is 16. The van der Waals surface area contributed by atoms with Gasteiger partial charge in [-0.15, -0.1) is 11.3 Å². The molecule has 12 aromatic rings. The molecule has 6 heteroatoms. The highest BCUT2D eigenvalue weighted by atomic mass is 32.2. The van der Waals surface area contributed by atoms with Crippen molar-refractivity contribution < 1.29 is 0 Å². The first-order chi connectivity index (χ1) is 32.7. The Morgan fingerprint density at radius 3 is 1.65 bits per heavy atom. The van der Waals surface area contributed by atoms with Crippen molar-refractivity contribution in [1.82, 2.24) is 9.13 Å². The van der Waals surface area contributed by atoms with Crippen molar-refractivity contribution in [2.24, 2.45) is 0 Å². The van der Waals surface area contributed by atoms with Crippen molar-refractivity contribution in [1.29, 1.82) is 0 Å². The summed E-state index contributed by atoms with van der Waals surface area (Å²) in [6.07, 6.45) is 5.92. The van der Waals surface area contributed by atoms with Gasteiger partial charge in [-0.2, -0.15) is 0 Å². The first kappa shape index (κ1) is 38.1. The van der Waals surface area contributed by atoms with Gasteiger partial charge in [0, 0.05) is 72.7 Å². The SMILES string of the molecule is C=C/C=C(\C=C)n1c2ccccc2c2c1c1c3ccccc3sc1c1c3ccccc3n(-c3cc4c5c(c3)Sc3cc(-c6ccccc6)ccc3B5c3ccc(-c5ccccc5)cc3S4)c12. The second kappa shape index (κ2) is 14.6. The Balaban J connectivity index is 1.11. The molecule has 3 aromatic heterocycles. The molecule has 66 heavy (non-hydrogen) atoms. The summed E-state index contributed by atoms with van der Waals surface area (Å²) in [5.41, 5.74) is 16.0. The molecule has 0 saturated heterocycles. The van der Waals surface area contributed by atoms with E-state index < -0.39 is 0 Å². The standard InChI is InChI=1S/C60H37BN2S3/c1-3-17-40(4-2)62-47-25-14-11-22-42(47)54-58-55(60-56(59(54)62)44-24-13-16-27-49(44)66-60)43-23-12-15-26-48(43)63(58)41-34-52-57-53(35-41)65-51-33-39(37-20-9-6-10-21-37)29-31-46(51)61(57)45-30-28-38(32-50(45)64-52)36-18-7-5-8-19-36/h3-35H,1-2H2/b40-17+. The van der Waals surface area contributed by atoms with E-state index in [4.69, 9.17) is 0 Å². The number of hydrogen-bond donors (Lipinski definition) is 0. The molecule has 0 fully saturated rings. The highest BCUT2D eigenvalue weighted by Crippen LogP contribution is 2.52. The predicted molar refractivity (Wildman–Crippen MR) is 288 cm³/mol. The molecule has 0 bridgehead atoms. The second-order valence-corrected chi connectivity index (χ2v) is 20.4. The third-order valence-corrected chi connectivity index (χ3v) is 17.2. The lowest BCUT2D eigenvalue weighted by Crippen LogP contribution is -2.58. The molecule has 0 spiro atoms. The molecule has 308 valence electrons. The van der Waals surface area contributed by atoms with E-state index in [1.54, 1.807) is 0 Å². The third-order valence-electron chi connectivity index (χ3n) is 13.7. The fourth-order valence-corrected chi connectivity index (χ4v) is 14.8. The predicted octanol–water partition coefficient (Wildman–Crippen LogP) is 15.3. The average Bonchev–Trinajstić information content (AvgIpc) is 4.04. The molecule has 0 radical (unpaired) electrons. The summed E-state index contributed by atoms with van der Waals surface area (Å²) < 4.78 is 7.60. The van der Waals surface area contributed by atoms with Crippen LogP contribution >= 0.6 is 34.9 Å². The van der Waals surface area contributed by atoms with E-state index in [-0.39, 0.29) is 6.71 Å². The molecule has 0 aliphatic carbocycles. The van der Waals surface area contributed by atoms with E-state index in [0.717, 1.165) is 11.2 Å². The van der Waals surface area contributed by atoms with Crippen LogP contribution in [0.3, 0.4) is 0 Å². The molecule has 0 unspecified atom stereocenters. The molecule has 0 atom stereocenters. The molecule has 0 amide bonds. The van der Waals surface area contributed by atoms with Gasteiger partial charge in [0.2, 0.25) is 6.71 Å². The van der Waals surface area contributed by atoms with Crippen LogP contribution in [-0.2, 0) is 0 Å². The monoisotopic (exact) mass is 892 g/mol. The first-order valence-corrected chi connectivity index (χ1v) is 24.8. The molecule has 0 N–H and O–H groups in total. The molecule has 14 rings (SSSR count). The van der Waals surface area contributed by atoms with Gasteiger partial charge in [-0.1, -0.05) is 193 Å². The molecule has 0 saturated carbocycles. The van der Waals surface area contributed by atoms with Gasteiger partial charge in [-0.05, 0) is 82.3 Å². The lowest BCUT2D eigenvalue weighted by Gasteiger charge is -2.34. The molecular formula is C60H37BN2S3. The van der Waals surface area contributed by atoms with Gasteiger partial charge in [0.05, 0.1) is 22.1 Å². The van der Waals surface area contributed by atoms with Crippen molar-refractivity contribution in [2.45, 2.75) is 19.6 Å². The Morgan fingerprint density at radius 2 is 1.03 bits per heavy atom. The summed E-state index contributed by atoms with van der Waals surface area (Å²) in [6.45, 7) is 8.60. The molecular weight excluding hydrogens is 856 g/mol. The van der Waals surface area contributed by atoms with Crippen molar-refractivity contribution >= 4 is 127 Å². The lowest BCUT2D eigenvalue weighted by atomic mass is 9.36. The summed E-state index contributed by atoms with van der Waals surface area (Å²) in [5, 5.41) is 7.55. The Kier molecular flexibility index (Phi) is 8.45. The summed E-state index contributed by atoms with van der Waals surface area (Å²) in [5.74, 6) is 0. The van der Waals surface area contributed by atoms with Gasteiger partial charge < -0.3 is 9.13 Å². The maximum atomic E-state index is 4.35. The van der Waals surface area contributed by atoms with Gasteiger partial charge in [0.25, 0.3) is 0 Å².